The summed E-state index contributed by atoms with van der Waals surface area (Å²) >= 11 is 3.58. The molecule has 21 heavy (non-hydrogen) atoms. The van der Waals surface area contributed by atoms with Crippen molar-refractivity contribution in [2.45, 2.75) is 20.4 Å². The van der Waals surface area contributed by atoms with Crippen LogP contribution in [0, 0.1) is 13.8 Å². The molecule has 5 heteroatoms. The van der Waals surface area contributed by atoms with Crippen molar-refractivity contribution in [3.05, 3.63) is 51.9 Å². The molecule has 0 bridgehead atoms. The Morgan fingerprint density at radius 2 is 2.05 bits per heavy atom. The molecule has 1 N–H and O–H groups in total. The molecule has 4 nitrogen and oxygen atoms in total. The van der Waals surface area contributed by atoms with E-state index in [1.165, 1.54) is 5.56 Å². The fraction of sp³-hybridized carbons (Fsp3) is 0.250. The predicted octanol–water partition coefficient (Wildman–Crippen LogP) is 3.96. The average Bonchev–Trinajstić information content (AvgIpc) is 2.72. The van der Waals surface area contributed by atoms with Crippen LogP contribution in [0.15, 0.2) is 34.9 Å². The summed E-state index contributed by atoms with van der Waals surface area (Å²) in [7, 11) is 1.96. The van der Waals surface area contributed by atoms with Gasteiger partial charge >= 0.3 is 0 Å². The van der Waals surface area contributed by atoms with E-state index >= 15 is 0 Å². The number of anilines is 1. The molecule has 0 aliphatic rings. The Morgan fingerprint density at radius 1 is 1.24 bits per heavy atom. The largest absolute Gasteiger partial charge is 0.378 e. The van der Waals surface area contributed by atoms with Gasteiger partial charge < -0.3 is 5.32 Å². The minimum absolute atomic E-state index is 0.730. The lowest BCUT2D eigenvalue weighted by Crippen LogP contribution is -2.03. The number of hydrogen-bond acceptors (Lipinski definition) is 3. The van der Waals surface area contributed by atoms with Gasteiger partial charge in [0.2, 0.25) is 0 Å². The Bertz CT molecular complexity index is 807. The highest BCUT2D eigenvalue weighted by Crippen LogP contribution is 2.26. The molecule has 0 aliphatic carbocycles. The number of halogens is 1. The van der Waals surface area contributed by atoms with Crippen molar-refractivity contribution < 1.29 is 0 Å². The van der Waals surface area contributed by atoms with Gasteiger partial charge in [-0.05, 0) is 31.5 Å². The average molecular weight is 345 g/mol. The summed E-state index contributed by atoms with van der Waals surface area (Å²) in [6, 6.07) is 8.22. The van der Waals surface area contributed by atoms with E-state index in [2.05, 4.69) is 56.5 Å². The van der Waals surface area contributed by atoms with Gasteiger partial charge in [0.15, 0.2) is 0 Å². The van der Waals surface area contributed by atoms with Crippen LogP contribution >= 0.6 is 15.9 Å². The van der Waals surface area contributed by atoms with E-state index in [-0.39, 0.29) is 0 Å². The van der Waals surface area contributed by atoms with Crippen molar-refractivity contribution >= 4 is 32.5 Å². The molecule has 0 saturated heterocycles. The van der Waals surface area contributed by atoms with Crippen LogP contribution in [0.25, 0.3) is 10.9 Å². The molecule has 0 aliphatic heterocycles. The number of benzene rings is 1. The second kappa shape index (κ2) is 5.48. The number of pyridine rings is 1. The fourth-order valence-corrected chi connectivity index (χ4v) is 3.00. The molecule has 2 heterocycles. The van der Waals surface area contributed by atoms with Gasteiger partial charge in [-0.2, -0.15) is 5.10 Å². The highest BCUT2D eigenvalue weighted by molar-refractivity contribution is 9.10. The summed E-state index contributed by atoms with van der Waals surface area (Å²) < 4.78 is 2.97. The first kappa shape index (κ1) is 14.1. The molecule has 0 unspecified atom stereocenters. The highest BCUT2D eigenvalue weighted by Gasteiger charge is 2.10. The van der Waals surface area contributed by atoms with Crippen LogP contribution in [0.5, 0.6) is 0 Å². The lowest BCUT2D eigenvalue weighted by molar-refractivity contribution is 0.731. The first-order chi connectivity index (χ1) is 10.1. The molecule has 1 aromatic carbocycles. The highest BCUT2D eigenvalue weighted by atomic mass is 79.9. The van der Waals surface area contributed by atoms with Crippen molar-refractivity contribution in [1.82, 2.24) is 14.8 Å². The van der Waals surface area contributed by atoms with E-state index in [9.17, 15) is 0 Å². The third kappa shape index (κ3) is 2.53. The van der Waals surface area contributed by atoms with Gasteiger partial charge in [0.25, 0.3) is 0 Å². The fourth-order valence-electron chi connectivity index (χ4n) is 2.55. The zero-order chi connectivity index (χ0) is 15.0. The van der Waals surface area contributed by atoms with Crippen LogP contribution in [-0.4, -0.2) is 14.8 Å². The third-order valence-corrected chi connectivity index (χ3v) is 4.46. The Hall–Kier alpha value is -1.88. The summed E-state index contributed by atoms with van der Waals surface area (Å²) in [6.07, 6.45) is 1.83. The Labute approximate surface area is 132 Å². The zero-order valence-electron chi connectivity index (χ0n) is 12.3. The van der Waals surface area contributed by atoms with Crippen molar-refractivity contribution in [3.63, 3.8) is 0 Å². The molecule has 108 valence electrons. The van der Waals surface area contributed by atoms with Gasteiger partial charge in [0.05, 0.1) is 22.6 Å². The molecule has 0 saturated carbocycles. The number of hydrogen-bond donors (Lipinski definition) is 1. The summed E-state index contributed by atoms with van der Waals surface area (Å²) in [6.45, 7) is 4.82. The number of rotatable bonds is 3. The second-order valence-corrected chi connectivity index (χ2v) is 5.98. The monoisotopic (exact) mass is 344 g/mol. The molecule has 0 radical (unpaired) electrons. The number of nitrogens with zero attached hydrogens (tertiary/aromatic N) is 3. The summed E-state index contributed by atoms with van der Waals surface area (Å²) in [5, 5.41) is 9.06. The van der Waals surface area contributed by atoms with E-state index in [1.54, 1.807) is 0 Å². The zero-order valence-corrected chi connectivity index (χ0v) is 13.9. The van der Waals surface area contributed by atoms with Gasteiger partial charge in [0.1, 0.15) is 0 Å². The summed E-state index contributed by atoms with van der Waals surface area (Å²) in [4.78, 5) is 4.51. The Balaban J connectivity index is 1.94. The topological polar surface area (TPSA) is 42.7 Å². The van der Waals surface area contributed by atoms with Crippen molar-refractivity contribution in [1.29, 1.82) is 0 Å². The molecule has 0 fully saturated rings. The van der Waals surface area contributed by atoms with Crippen LogP contribution in [0.2, 0.25) is 0 Å². The van der Waals surface area contributed by atoms with Crippen molar-refractivity contribution in [2.24, 2.45) is 7.05 Å². The van der Waals surface area contributed by atoms with Crippen molar-refractivity contribution in [3.8, 4) is 0 Å². The van der Waals surface area contributed by atoms with Crippen molar-refractivity contribution in [2.75, 3.05) is 5.32 Å². The van der Waals surface area contributed by atoms with Gasteiger partial charge in [0, 0.05) is 29.6 Å². The second-order valence-electron chi connectivity index (χ2n) is 5.13. The van der Waals surface area contributed by atoms with Gasteiger partial charge in [-0.25, -0.2) is 0 Å². The number of aryl methyl sites for hydroxylation is 2. The molecular formula is C16H17BrN4. The molecule has 3 rings (SSSR count). The van der Waals surface area contributed by atoms with Crippen LogP contribution in [-0.2, 0) is 13.6 Å². The quantitative estimate of drug-likeness (QED) is 0.781. The lowest BCUT2D eigenvalue weighted by atomic mass is 10.1. The molecule has 0 spiro atoms. The lowest BCUT2D eigenvalue weighted by Gasteiger charge is -2.10. The van der Waals surface area contributed by atoms with Gasteiger partial charge in [-0.3, -0.25) is 9.67 Å². The molecule has 2 aromatic heterocycles. The number of fused-ring (bicyclic) bond motifs is 1. The van der Waals surface area contributed by atoms with Crippen LogP contribution in [0.4, 0.5) is 5.69 Å². The van der Waals surface area contributed by atoms with Crippen LogP contribution in [0.1, 0.15) is 17.0 Å². The minimum atomic E-state index is 0.730. The van der Waals surface area contributed by atoms with Crippen LogP contribution < -0.4 is 5.32 Å². The van der Waals surface area contributed by atoms with E-state index in [0.717, 1.165) is 39.0 Å². The maximum absolute atomic E-state index is 4.51. The van der Waals surface area contributed by atoms with E-state index < -0.39 is 0 Å². The number of aromatic nitrogens is 3. The van der Waals surface area contributed by atoms with Gasteiger partial charge in [-0.15, -0.1) is 0 Å². The maximum Gasteiger partial charge on any atom is 0.0827 e. The Kier molecular flexibility index (Phi) is 3.68. The third-order valence-electron chi connectivity index (χ3n) is 3.76. The van der Waals surface area contributed by atoms with E-state index in [0.29, 0.717) is 0 Å². The smallest absolute Gasteiger partial charge is 0.0827 e. The predicted molar refractivity (Wildman–Crippen MR) is 89.5 cm³/mol. The molecular weight excluding hydrogens is 328 g/mol. The summed E-state index contributed by atoms with van der Waals surface area (Å²) in [5.74, 6) is 0. The Morgan fingerprint density at radius 3 is 2.76 bits per heavy atom. The van der Waals surface area contributed by atoms with Gasteiger partial charge in [-0.1, -0.05) is 28.1 Å². The number of nitrogens with one attached hydrogen (secondary N) is 1. The van der Waals surface area contributed by atoms with Crippen LogP contribution in [0.3, 0.4) is 0 Å². The first-order valence-electron chi connectivity index (χ1n) is 6.84. The normalized spacial score (nSPS) is 11.0. The first-order valence-corrected chi connectivity index (χ1v) is 7.63. The maximum atomic E-state index is 4.51. The summed E-state index contributed by atoms with van der Waals surface area (Å²) in [5.41, 5.74) is 5.46. The SMILES string of the molecule is Cc1nn(C)c(C)c1NCc1ccc(Br)c2cccnc12. The molecule has 0 atom stereocenters. The molecule has 3 aromatic rings. The minimum Gasteiger partial charge on any atom is -0.378 e. The van der Waals surface area contributed by atoms with E-state index in [4.69, 9.17) is 0 Å². The standard InChI is InChI=1S/C16H17BrN4/c1-10-15(11(2)21(3)20-10)19-9-12-6-7-14(17)13-5-4-8-18-16(12)13/h4-8,19H,9H2,1-3H3. The van der Waals surface area contributed by atoms with E-state index in [1.807, 2.05) is 30.9 Å². The molecule has 0 amide bonds.